The van der Waals surface area contributed by atoms with Crippen molar-refractivity contribution in [3.05, 3.63) is 249 Å². The molecule has 1 nitrogen and oxygen atoms in total. The van der Waals surface area contributed by atoms with Crippen molar-refractivity contribution < 1.29 is 0 Å². The van der Waals surface area contributed by atoms with Crippen molar-refractivity contribution in [1.82, 2.24) is 0 Å². The summed E-state index contributed by atoms with van der Waals surface area (Å²) in [7, 11) is 0. The SMILES string of the molecule is c1ccc(-c2cccc3cccc(-c4ccccc4N(c4ccccc4-c4cccc5c4ccc4ccccc45)c4ccccc4-c4cccc5c4ccc4ccccc45)c23)cc1. The summed E-state index contributed by atoms with van der Waals surface area (Å²) in [6, 6.07) is 91.3. The van der Waals surface area contributed by atoms with Gasteiger partial charge in [-0.05, 0) is 99.9 Å². The summed E-state index contributed by atoms with van der Waals surface area (Å²) in [5.41, 5.74) is 12.8. The minimum absolute atomic E-state index is 1.10. The van der Waals surface area contributed by atoms with Crippen molar-refractivity contribution in [3.8, 4) is 44.5 Å². The minimum Gasteiger partial charge on any atom is -0.309 e. The van der Waals surface area contributed by atoms with Crippen LogP contribution in [0.3, 0.4) is 0 Å². The Labute approximate surface area is 367 Å². The second kappa shape index (κ2) is 15.3. The van der Waals surface area contributed by atoms with Gasteiger partial charge in [0.25, 0.3) is 0 Å². The minimum atomic E-state index is 1.10. The third kappa shape index (κ3) is 6.17. The molecule has 0 bridgehead atoms. The number of hydrogen-bond donors (Lipinski definition) is 0. The molecule has 0 aliphatic rings. The number of fused-ring (bicyclic) bond motifs is 7. The second-order valence-corrected chi connectivity index (χ2v) is 16.3. The molecule has 63 heavy (non-hydrogen) atoms. The van der Waals surface area contributed by atoms with Crippen LogP contribution in [0, 0.1) is 0 Å². The van der Waals surface area contributed by atoms with Crippen LogP contribution in [0.1, 0.15) is 0 Å². The molecule has 0 radical (unpaired) electrons. The van der Waals surface area contributed by atoms with E-state index >= 15 is 0 Å². The predicted molar refractivity (Wildman–Crippen MR) is 270 cm³/mol. The molecule has 0 unspecified atom stereocenters. The number of benzene rings is 12. The van der Waals surface area contributed by atoms with Crippen LogP contribution in [0.5, 0.6) is 0 Å². The lowest BCUT2D eigenvalue weighted by molar-refractivity contribution is 1.29. The lowest BCUT2D eigenvalue weighted by Crippen LogP contribution is -2.13. The van der Waals surface area contributed by atoms with Crippen LogP contribution in [0.4, 0.5) is 17.1 Å². The van der Waals surface area contributed by atoms with Crippen LogP contribution in [0.2, 0.25) is 0 Å². The molecule has 12 aromatic carbocycles. The number of para-hydroxylation sites is 3. The van der Waals surface area contributed by atoms with Crippen LogP contribution < -0.4 is 4.90 Å². The first-order valence-corrected chi connectivity index (χ1v) is 21.8. The van der Waals surface area contributed by atoms with E-state index in [1.165, 1.54) is 81.7 Å². The Bertz CT molecular complexity index is 3530. The Hall–Kier alpha value is -8.26. The summed E-state index contributed by atoms with van der Waals surface area (Å²) in [4.78, 5) is 2.53. The second-order valence-electron chi connectivity index (χ2n) is 16.3. The van der Waals surface area contributed by atoms with Gasteiger partial charge in [-0.2, -0.15) is 0 Å². The number of anilines is 3. The first-order chi connectivity index (χ1) is 31.3. The van der Waals surface area contributed by atoms with Gasteiger partial charge in [-0.15, -0.1) is 0 Å². The molecule has 12 aromatic rings. The quantitative estimate of drug-likeness (QED) is 0.145. The summed E-state index contributed by atoms with van der Waals surface area (Å²) in [5, 5.41) is 12.4. The van der Waals surface area contributed by atoms with E-state index in [0.717, 1.165) is 33.8 Å². The van der Waals surface area contributed by atoms with Crippen LogP contribution in [0.25, 0.3) is 98.4 Å². The van der Waals surface area contributed by atoms with E-state index in [-0.39, 0.29) is 0 Å². The average molecular weight is 800 g/mol. The average Bonchev–Trinajstić information content (AvgIpc) is 3.36. The fourth-order valence-corrected chi connectivity index (χ4v) is 10.1. The highest BCUT2D eigenvalue weighted by molar-refractivity contribution is 6.16. The molecular formula is C62H41N. The molecule has 0 N–H and O–H groups in total. The molecule has 0 aromatic heterocycles. The van der Waals surface area contributed by atoms with E-state index in [1.54, 1.807) is 0 Å². The molecule has 0 aliphatic carbocycles. The summed E-state index contributed by atoms with van der Waals surface area (Å²) < 4.78 is 0. The standard InChI is InChI=1S/C62H41N/c1-2-18-42(19-3-1)48-29-14-22-45-23-15-34-58(62(45)48)57-28-10-13-37-61(57)63(59-35-11-8-26-55(59)51-32-16-30-49-46-24-6-4-20-43(46)38-40-53(49)51)60-36-12-9-27-56(60)52-33-17-31-50-47-25-7-5-21-44(47)39-41-54(50)52/h1-41H. The van der Waals surface area contributed by atoms with E-state index in [1.807, 2.05) is 0 Å². The molecule has 1 heteroatoms. The number of hydrogen-bond acceptors (Lipinski definition) is 1. The fraction of sp³-hybridized carbons (Fsp3) is 0. The van der Waals surface area contributed by atoms with Crippen LogP contribution in [-0.4, -0.2) is 0 Å². The number of rotatable bonds is 7. The maximum atomic E-state index is 2.53. The van der Waals surface area contributed by atoms with Crippen molar-refractivity contribution >= 4 is 70.9 Å². The maximum absolute atomic E-state index is 2.53. The molecule has 294 valence electrons. The molecule has 0 aliphatic heterocycles. The van der Waals surface area contributed by atoms with Gasteiger partial charge in [-0.25, -0.2) is 0 Å². The third-order valence-corrected chi connectivity index (χ3v) is 12.9. The Morgan fingerprint density at radius 1 is 0.190 bits per heavy atom. The molecule has 0 saturated heterocycles. The number of nitrogens with zero attached hydrogens (tertiary/aromatic N) is 1. The van der Waals surface area contributed by atoms with Crippen molar-refractivity contribution in [3.63, 3.8) is 0 Å². The van der Waals surface area contributed by atoms with E-state index in [4.69, 9.17) is 0 Å². The smallest absolute Gasteiger partial charge is 0.0540 e. The first-order valence-electron chi connectivity index (χ1n) is 21.8. The third-order valence-electron chi connectivity index (χ3n) is 12.9. The Morgan fingerprint density at radius 2 is 0.556 bits per heavy atom. The van der Waals surface area contributed by atoms with Gasteiger partial charge in [0.1, 0.15) is 0 Å². The van der Waals surface area contributed by atoms with Crippen molar-refractivity contribution in [2.24, 2.45) is 0 Å². The highest BCUT2D eigenvalue weighted by atomic mass is 15.1. The summed E-state index contributed by atoms with van der Waals surface area (Å²) in [5.74, 6) is 0. The molecule has 0 fully saturated rings. The van der Waals surface area contributed by atoms with Crippen molar-refractivity contribution in [2.75, 3.05) is 4.90 Å². The summed E-state index contributed by atoms with van der Waals surface area (Å²) in [6.45, 7) is 0. The Kier molecular flexibility index (Phi) is 8.90. The van der Waals surface area contributed by atoms with Crippen LogP contribution in [0.15, 0.2) is 249 Å². The zero-order chi connectivity index (χ0) is 41.7. The monoisotopic (exact) mass is 799 g/mol. The Morgan fingerprint density at radius 3 is 1.10 bits per heavy atom. The van der Waals surface area contributed by atoms with Gasteiger partial charge in [0.15, 0.2) is 0 Å². The van der Waals surface area contributed by atoms with E-state index in [0.29, 0.717) is 0 Å². The van der Waals surface area contributed by atoms with Crippen molar-refractivity contribution in [1.29, 1.82) is 0 Å². The van der Waals surface area contributed by atoms with Crippen molar-refractivity contribution in [2.45, 2.75) is 0 Å². The van der Waals surface area contributed by atoms with Gasteiger partial charge in [0.2, 0.25) is 0 Å². The van der Waals surface area contributed by atoms with E-state index in [9.17, 15) is 0 Å². The molecule has 0 spiro atoms. The lowest BCUT2D eigenvalue weighted by atomic mass is 9.89. The van der Waals surface area contributed by atoms with Gasteiger partial charge >= 0.3 is 0 Å². The first kappa shape index (κ1) is 36.6. The topological polar surface area (TPSA) is 3.24 Å². The van der Waals surface area contributed by atoms with Gasteiger partial charge in [0.05, 0.1) is 17.1 Å². The zero-order valence-electron chi connectivity index (χ0n) is 34.6. The molecule has 12 rings (SSSR count). The van der Waals surface area contributed by atoms with E-state index < -0.39 is 0 Å². The molecule has 0 atom stereocenters. The van der Waals surface area contributed by atoms with Gasteiger partial charge in [-0.1, -0.05) is 231 Å². The van der Waals surface area contributed by atoms with Crippen LogP contribution >= 0.6 is 0 Å². The van der Waals surface area contributed by atoms with Gasteiger partial charge in [-0.3, -0.25) is 0 Å². The van der Waals surface area contributed by atoms with Crippen LogP contribution in [-0.2, 0) is 0 Å². The highest BCUT2D eigenvalue weighted by Gasteiger charge is 2.25. The normalized spacial score (nSPS) is 11.5. The molecule has 0 heterocycles. The zero-order valence-corrected chi connectivity index (χ0v) is 34.6. The highest BCUT2D eigenvalue weighted by Crippen LogP contribution is 2.51. The van der Waals surface area contributed by atoms with Gasteiger partial charge in [0, 0.05) is 16.7 Å². The lowest BCUT2D eigenvalue weighted by Gasteiger charge is -2.32. The molecule has 0 amide bonds. The van der Waals surface area contributed by atoms with E-state index in [2.05, 4.69) is 254 Å². The molecule has 0 saturated carbocycles. The fourth-order valence-electron chi connectivity index (χ4n) is 10.1. The summed E-state index contributed by atoms with van der Waals surface area (Å²) in [6.07, 6.45) is 0. The predicted octanol–water partition coefficient (Wildman–Crippen LogP) is 17.6. The molecular weight excluding hydrogens is 759 g/mol. The summed E-state index contributed by atoms with van der Waals surface area (Å²) >= 11 is 0. The Balaban J connectivity index is 1.16. The largest absolute Gasteiger partial charge is 0.309 e. The maximum Gasteiger partial charge on any atom is 0.0540 e. The van der Waals surface area contributed by atoms with Gasteiger partial charge < -0.3 is 4.90 Å².